The smallest absolute Gasteiger partial charge is 0.123 e. The molecule has 1 unspecified atom stereocenters. The van der Waals surface area contributed by atoms with Gasteiger partial charge in [0, 0.05) is 6.04 Å². The summed E-state index contributed by atoms with van der Waals surface area (Å²) in [6.07, 6.45) is 9.27. The molecule has 1 saturated carbocycles. The van der Waals surface area contributed by atoms with Crippen molar-refractivity contribution in [1.82, 2.24) is 40.5 Å². The van der Waals surface area contributed by atoms with Crippen LogP contribution in [0.15, 0.2) is 61.1 Å². The highest BCUT2D eigenvalue weighted by Crippen LogP contribution is 2.45. The Bertz CT molecular complexity index is 1620. The van der Waals surface area contributed by atoms with Gasteiger partial charge in [-0.2, -0.15) is 0 Å². The Morgan fingerprint density at radius 2 is 1.47 bits per heavy atom. The van der Waals surface area contributed by atoms with Crippen LogP contribution in [-0.4, -0.2) is 42.5 Å². The number of hydrogen-bond acceptors (Lipinski definition) is 6. The first-order chi connectivity index (χ1) is 18.7. The zero-order chi connectivity index (χ0) is 25.2. The van der Waals surface area contributed by atoms with Crippen LogP contribution in [0.4, 0.5) is 0 Å². The molecule has 8 rings (SSSR count). The fraction of sp³-hybridized carbons (Fsp3) is 0.333. The Morgan fingerprint density at radius 1 is 0.711 bits per heavy atom. The van der Waals surface area contributed by atoms with E-state index in [1.807, 2.05) is 24.7 Å². The minimum Gasteiger partial charge on any atom is -0.341 e. The number of H-pyrrole nitrogens is 2. The minimum atomic E-state index is 0.284. The van der Waals surface area contributed by atoms with Gasteiger partial charge in [-0.1, -0.05) is 37.3 Å². The fourth-order valence-electron chi connectivity index (χ4n) is 6.12. The van der Waals surface area contributed by atoms with Crippen LogP contribution in [0.3, 0.4) is 0 Å². The second kappa shape index (κ2) is 8.58. The van der Waals surface area contributed by atoms with E-state index in [2.05, 4.69) is 73.9 Å². The number of nitrogens with zero attached hydrogens (tertiary/aromatic N) is 4. The molecule has 3 fully saturated rings. The second-order valence-corrected chi connectivity index (χ2v) is 11.3. The standard InChI is InChI=1S/C30H30N8/c1-16-8-24(31-12-16)29-34-15-28(38-29)27-14-32-23-9-19(6-7-21(23)35-27)17-2-4-18(5-3-17)26-13-33-30(37-26)25-11-20-10-22(20)36-25/h2-7,9,13-16,20,22,24-25,31,36H,8,10-12H2,1H3,(H,33,37)(H,34,38)/t16-,20-,22?,24+,25+/m1/s1. The summed E-state index contributed by atoms with van der Waals surface area (Å²) in [5.74, 6) is 3.55. The number of fused-ring (bicyclic) bond motifs is 2. The van der Waals surface area contributed by atoms with Crippen LogP contribution in [0.25, 0.3) is 44.8 Å². The normalized spacial score (nSPS) is 26.2. The van der Waals surface area contributed by atoms with E-state index in [1.165, 1.54) is 12.8 Å². The third kappa shape index (κ3) is 3.92. The third-order valence-electron chi connectivity index (χ3n) is 8.43. The van der Waals surface area contributed by atoms with Gasteiger partial charge in [0.1, 0.15) is 17.3 Å². The number of hydrogen-bond donors (Lipinski definition) is 4. The third-order valence-corrected chi connectivity index (χ3v) is 8.43. The number of rotatable bonds is 5. The molecule has 2 saturated heterocycles. The van der Waals surface area contributed by atoms with Crippen molar-refractivity contribution in [2.45, 2.75) is 44.3 Å². The van der Waals surface area contributed by atoms with E-state index in [0.717, 1.165) is 75.3 Å². The Balaban J connectivity index is 1.00. The predicted octanol–water partition coefficient (Wildman–Crippen LogP) is 5.17. The van der Waals surface area contributed by atoms with Gasteiger partial charge in [-0.15, -0.1) is 0 Å². The fourth-order valence-corrected chi connectivity index (χ4v) is 6.12. The quantitative estimate of drug-likeness (QED) is 0.264. The van der Waals surface area contributed by atoms with Gasteiger partial charge < -0.3 is 20.6 Å². The van der Waals surface area contributed by atoms with Crippen LogP contribution in [0.2, 0.25) is 0 Å². The van der Waals surface area contributed by atoms with Gasteiger partial charge in [-0.3, -0.25) is 4.98 Å². The Hall–Kier alpha value is -3.88. The average Bonchev–Trinajstić information content (AvgIpc) is 3.52. The molecule has 38 heavy (non-hydrogen) atoms. The van der Waals surface area contributed by atoms with Crippen molar-refractivity contribution in [3.63, 3.8) is 0 Å². The van der Waals surface area contributed by atoms with Gasteiger partial charge in [0.2, 0.25) is 0 Å². The minimum absolute atomic E-state index is 0.284. The predicted molar refractivity (Wildman–Crippen MR) is 147 cm³/mol. The number of aromatic amines is 2. The molecule has 1 aliphatic carbocycles. The van der Waals surface area contributed by atoms with E-state index in [9.17, 15) is 0 Å². The first-order valence-corrected chi connectivity index (χ1v) is 13.6. The second-order valence-electron chi connectivity index (χ2n) is 11.3. The summed E-state index contributed by atoms with van der Waals surface area (Å²) < 4.78 is 0. The molecule has 3 aromatic heterocycles. The molecule has 8 nitrogen and oxygen atoms in total. The molecular weight excluding hydrogens is 472 g/mol. The molecular formula is C30H30N8. The summed E-state index contributed by atoms with van der Waals surface area (Å²) in [7, 11) is 0. The molecule has 8 heteroatoms. The maximum atomic E-state index is 4.86. The van der Waals surface area contributed by atoms with Gasteiger partial charge in [0.05, 0.1) is 53.1 Å². The highest BCUT2D eigenvalue weighted by atomic mass is 15.1. The van der Waals surface area contributed by atoms with Gasteiger partial charge in [-0.05, 0) is 66.5 Å². The van der Waals surface area contributed by atoms with Crippen molar-refractivity contribution in [3.8, 4) is 33.8 Å². The van der Waals surface area contributed by atoms with Crippen molar-refractivity contribution in [1.29, 1.82) is 0 Å². The number of aromatic nitrogens is 6. The lowest BCUT2D eigenvalue weighted by atomic mass is 10.0. The maximum Gasteiger partial charge on any atom is 0.123 e. The van der Waals surface area contributed by atoms with Crippen molar-refractivity contribution < 1.29 is 0 Å². The molecule has 190 valence electrons. The maximum absolute atomic E-state index is 4.86. The zero-order valence-corrected chi connectivity index (χ0v) is 21.3. The van der Waals surface area contributed by atoms with Crippen LogP contribution < -0.4 is 10.6 Å². The average molecular weight is 503 g/mol. The van der Waals surface area contributed by atoms with Crippen molar-refractivity contribution in [2.75, 3.05) is 6.54 Å². The SMILES string of the molecule is C[C@H]1CN[C@H](c2ncc(-c3cnc4cc(-c5ccc(-c6cnc([C@@H]7C[C@H]8CC8N7)[nH]6)cc5)ccc4n3)[nH]2)C1. The van der Waals surface area contributed by atoms with Crippen molar-refractivity contribution in [3.05, 3.63) is 72.7 Å². The molecule has 2 aliphatic heterocycles. The molecule has 0 spiro atoms. The van der Waals surface area contributed by atoms with E-state index >= 15 is 0 Å². The van der Waals surface area contributed by atoms with Gasteiger partial charge in [0.15, 0.2) is 0 Å². The molecule has 4 N–H and O–H groups in total. The van der Waals surface area contributed by atoms with Gasteiger partial charge >= 0.3 is 0 Å². The summed E-state index contributed by atoms with van der Waals surface area (Å²) in [6, 6.07) is 16.3. The van der Waals surface area contributed by atoms with Crippen LogP contribution in [0, 0.1) is 11.8 Å². The lowest BCUT2D eigenvalue weighted by Crippen LogP contribution is -2.18. The lowest BCUT2D eigenvalue weighted by Gasteiger charge is -2.09. The van der Waals surface area contributed by atoms with Crippen LogP contribution >= 0.6 is 0 Å². The van der Waals surface area contributed by atoms with Crippen LogP contribution in [0.5, 0.6) is 0 Å². The summed E-state index contributed by atoms with van der Waals surface area (Å²) in [5, 5.41) is 7.20. The van der Waals surface area contributed by atoms with E-state index in [0.29, 0.717) is 18.0 Å². The zero-order valence-electron chi connectivity index (χ0n) is 21.3. The summed E-state index contributed by atoms with van der Waals surface area (Å²) in [4.78, 5) is 25.8. The largest absolute Gasteiger partial charge is 0.341 e. The Morgan fingerprint density at radius 3 is 2.26 bits per heavy atom. The first kappa shape index (κ1) is 22.1. The first-order valence-electron chi connectivity index (χ1n) is 13.6. The number of nitrogens with one attached hydrogen (secondary N) is 4. The number of imidazole rings is 2. The molecule has 0 bridgehead atoms. The molecule has 3 aliphatic rings. The van der Waals surface area contributed by atoms with E-state index in [1.54, 1.807) is 0 Å². The topological polar surface area (TPSA) is 107 Å². The van der Waals surface area contributed by atoms with Gasteiger partial charge in [-0.25, -0.2) is 15.0 Å². The monoisotopic (exact) mass is 502 g/mol. The summed E-state index contributed by atoms with van der Waals surface area (Å²) in [5.41, 5.74) is 7.93. The molecule has 5 atom stereocenters. The molecule has 0 amide bonds. The van der Waals surface area contributed by atoms with Crippen LogP contribution in [0.1, 0.15) is 49.9 Å². The molecule has 5 heterocycles. The van der Waals surface area contributed by atoms with Crippen LogP contribution in [-0.2, 0) is 0 Å². The number of benzene rings is 2. The van der Waals surface area contributed by atoms with E-state index in [-0.39, 0.29) is 6.04 Å². The highest BCUT2D eigenvalue weighted by Gasteiger charge is 2.46. The Labute approximate surface area is 220 Å². The highest BCUT2D eigenvalue weighted by molar-refractivity contribution is 5.83. The van der Waals surface area contributed by atoms with E-state index in [4.69, 9.17) is 9.97 Å². The molecule has 2 aromatic carbocycles. The van der Waals surface area contributed by atoms with Gasteiger partial charge in [0.25, 0.3) is 0 Å². The molecule has 0 radical (unpaired) electrons. The summed E-state index contributed by atoms with van der Waals surface area (Å²) >= 11 is 0. The number of piperidine rings is 1. The van der Waals surface area contributed by atoms with Crippen molar-refractivity contribution >= 4 is 11.0 Å². The Kier molecular flexibility index (Phi) is 5.00. The lowest BCUT2D eigenvalue weighted by molar-refractivity contribution is 0.543. The molecule has 5 aromatic rings. The van der Waals surface area contributed by atoms with E-state index < -0.39 is 0 Å². The summed E-state index contributed by atoms with van der Waals surface area (Å²) in [6.45, 7) is 3.30. The van der Waals surface area contributed by atoms with Crippen molar-refractivity contribution in [2.24, 2.45) is 11.8 Å².